The molecule has 1 aromatic carbocycles. The first-order valence-electron chi connectivity index (χ1n) is 6.03. The second-order valence-electron chi connectivity index (χ2n) is 4.51. The average molecular weight is 329 g/mol. The average Bonchev–Trinajstić information content (AvgIpc) is 2.83. The van der Waals surface area contributed by atoms with Crippen molar-refractivity contribution in [2.24, 2.45) is 0 Å². The normalized spacial score (nSPS) is 18.9. The minimum absolute atomic E-state index is 0.0343. The van der Waals surface area contributed by atoms with E-state index in [0.717, 1.165) is 16.6 Å². The molecule has 3 N–H and O–H groups in total. The Morgan fingerprint density at radius 3 is 3.06 bits per heavy atom. The van der Waals surface area contributed by atoms with Gasteiger partial charge in [0.1, 0.15) is 0 Å². The molecule has 0 saturated carbocycles. The third-order valence-electron chi connectivity index (χ3n) is 3.17. The molecule has 0 spiro atoms. The molecule has 0 bridgehead atoms. The van der Waals surface area contributed by atoms with Gasteiger partial charge in [0.2, 0.25) is 0 Å². The summed E-state index contributed by atoms with van der Waals surface area (Å²) in [4.78, 5) is 12.1. The lowest BCUT2D eigenvalue weighted by Crippen LogP contribution is -2.30. The summed E-state index contributed by atoms with van der Waals surface area (Å²) in [6.45, 7) is 2.62. The van der Waals surface area contributed by atoms with Gasteiger partial charge in [-0.2, -0.15) is 11.8 Å². The van der Waals surface area contributed by atoms with Crippen molar-refractivity contribution >= 4 is 39.3 Å². The Balaban J connectivity index is 2.04. The van der Waals surface area contributed by atoms with E-state index in [2.05, 4.69) is 21.2 Å². The van der Waals surface area contributed by atoms with Crippen molar-refractivity contribution in [2.45, 2.75) is 25.0 Å². The fraction of sp³-hybridized carbons (Fsp3) is 0.462. The van der Waals surface area contributed by atoms with Gasteiger partial charge in [-0.1, -0.05) is 15.9 Å². The van der Waals surface area contributed by atoms with Crippen molar-refractivity contribution in [1.82, 2.24) is 5.32 Å². The fourth-order valence-electron chi connectivity index (χ4n) is 2.04. The molecule has 1 aliphatic rings. The standard InChI is InChI=1S/C13H17BrN2OS/c1-8-11(5-9(14)6-12(8)15)13(17)16-7-10-3-2-4-18-10/h5-6,10H,2-4,7,15H2,1H3,(H,16,17). The number of hydrogen-bond donors (Lipinski definition) is 2. The molecule has 98 valence electrons. The van der Waals surface area contributed by atoms with Crippen LogP contribution in [-0.4, -0.2) is 23.5 Å². The summed E-state index contributed by atoms with van der Waals surface area (Å²) >= 11 is 5.31. The number of nitrogens with two attached hydrogens (primary N) is 1. The van der Waals surface area contributed by atoms with E-state index in [4.69, 9.17) is 5.73 Å². The Kier molecular flexibility index (Phi) is 4.56. The van der Waals surface area contributed by atoms with Crippen molar-refractivity contribution < 1.29 is 4.79 Å². The maximum absolute atomic E-state index is 12.1. The minimum Gasteiger partial charge on any atom is -0.398 e. The molecular formula is C13H17BrN2OS. The first-order valence-corrected chi connectivity index (χ1v) is 7.87. The van der Waals surface area contributed by atoms with Gasteiger partial charge in [0.15, 0.2) is 0 Å². The van der Waals surface area contributed by atoms with Crippen molar-refractivity contribution in [2.75, 3.05) is 18.0 Å². The Labute approximate surface area is 120 Å². The molecule has 1 aliphatic heterocycles. The van der Waals surface area contributed by atoms with Crippen LogP contribution in [0.4, 0.5) is 5.69 Å². The van der Waals surface area contributed by atoms with Gasteiger partial charge in [0.05, 0.1) is 0 Å². The van der Waals surface area contributed by atoms with Crippen LogP contribution < -0.4 is 11.1 Å². The SMILES string of the molecule is Cc1c(N)cc(Br)cc1C(=O)NCC1CCCS1. The number of nitrogens with one attached hydrogen (secondary N) is 1. The lowest BCUT2D eigenvalue weighted by atomic mass is 10.1. The minimum atomic E-state index is -0.0343. The molecule has 5 heteroatoms. The number of halogens is 1. The third kappa shape index (κ3) is 3.20. The molecule has 18 heavy (non-hydrogen) atoms. The Morgan fingerprint density at radius 2 is 2.39 bits per heavy atom. The maximum atomic E-state index is 12.1. The first-order chi connectivity index (χ1) is 8.58. The van der Waals surface area contributed by atoms with Gasteiger partial charge in [0.25, 0.3) is 5.91 Å². The number of benzene rings is 1. The zero-order chi connectivity index (χ0) is 13.1. The zero-order valence-corrected chi connectivity index (χ0v) is 12.7. The van der Waals surface area contributed by atoms with E-state index >= 15 is 0 Å². The summed E-state index contributed by atoms with van der Waals surface area (Å²) in [7, 11) is 0. The predicted octanol–water partition coefficient (Wildman–Crippen LogP) is 2.97. The number of carbonyl (C=O) groups excluding carboxylic acids is 1. The molecule has 3 nitrogen and oxygen atoms in total. The molecule has 1 saturated heterocycles. The molecule has 2 rings (SSSR count). The van der Waals surface area contributed by atoms with E-state index in [9.17, 15) is 4.79 Å². The smallest absolute Gasteiger partial charge is 0.251 e. The van der Waals surface area contributed by atoms with E-state index in [1.165, 1.54) is 18.6 Å². The summed E-state index contributed by atoms with van der Waals surface area (Å²) in [5.74, 6) is 1.18. The Morgan fingerprint density at radius 1 is 1.61 bits per heavy atom. The van der Waals surface area contributed by atoms with Gasteiger partial charge in [-0.05, 0) is 43.2 Å². The van der Waals surface area contributed by atoms with Crippen LogP contribution in [0.25, 0.3) is 0 Å². The Bertz CT molecular complexity index is 459. The summed E-state index contributed by atoms with van der Waals surface area (Å²) in [6, 6.07) is 3.64. The lowest BCUT2D eigenvalue weighted by Gasteiger charge is -2.13. The van der Waals surface area contributed by atoms with E-state index in [0.29, 0.717) is 16.5 Å². The van der Waals surface area contributed by atoms with Crippen LogP contribution in [0.15, 0.2) is 16.6 Å². The largest absolute Gasteiger partial charge is 0.398 e. The summed E-state index contributed by atoms with van der Waals surface area (Å²) < 4.78 is 0.839. The van der Waals surface area contributed by atoms with E-state index < -0.39 is 0 Å². The van der Waals surface area contributed by atoms with Crippen LogP contribution in [0.2, 0.25) is 0 Å². The van der Waals surface area contributed by atoms with Crippen molar-refractivity contribution in [3.63, 3.8) is 0 Å². The van der Waals surface area contributed by atoms with Gasteiger partial charge in [-0.15, -0.1) is 0 Å². The van der Waals surface area contributed by atoms with Crippen molar-refractivity contribution in [3.05, 3.63) is 27.7 Å². The van der Waals surface area contributed by atoms with Gasteiger partial charge in [-0.3, -0.25) is 4.79 Å². The van der Waals surface area contributed by atoms with E-state index in [1.807, 2.05) is 30.8 Å². The number of thioether (sulfide) groups is 1. The summed E-state index contributed by atoms with van der Waals surface area (Å²) in [6.07, 6.45) is 2.46. The molecule has 1 heterocycles. The first kappa shape index (κ1) is 13.7. The highest BCUT2D eigenvalue weighted by molar-refractivity contribution is 9.10. The van der Waals surface area contributed by atoms with Crippen LogP contribution in [-0.2, 0) is 0 Å². The molecule has 0 aromatic heterocycles. The molecule has 1 unspecified atom stereocenters. The van der Waals surface area contributed by atoms with Gasteiger partial charge < -0.3 is 11.1 Å². The number of rotatable bonds is 3. The molecule has 0 radical (unpaired) electrons. The van der Waals surface area contributed by atoms with Crippen LogP contribution in [0.3, 0.4) is 0 Å². The number of carbonyl (C=O) groups is 1. The van der Waals surface area contributed by atoms with Gasteiger partial charge in [-0.25, -0.2) is 0 Å². The molecule has 0 aliphatic carbocycles. The molecule has 1 amide bonds. The molecule has 1 atom stereocenters. The van der Waals surface area contributed by atoms with Crippen LogP contribution in [0, 0.1) is 6.92 Å². The van der Waals surface area contributed by atoms with Gasteiger partial charge >= 0.3 is 0 Å². The maximum Gasteiger partial charge on any atom is 0.251 e. The number of hydrogen-bond acceptors (Lipinski definition) is 3. The molecular weight excluding hydrogens is 312 g/mol. The van der Waals surface area contributed by atoms with Crippen LogP contribution >= 0.6 is 27.7 Å². The zero-order valence-electron chi connectivity index (χ0n) is 10.3. The topological polar surface area (TPSA) is 55.1 Å². The third-order valence-corrected chi connectivity index (χ3v) is 5.03. The van der Waals surface area contributed by atoms with E-state index in [1.54, 1.807) is 0 Å². The number of nitrogen functional groups attached to an aromatic ring is 1. The summed E-state index contributed by atoms with van der Waals surface area (Å²) in [5, 5.41) is 3.57. The second kappa shape index (κ2) is 5.97. The molecule has 1 aromatic rings. The monoisotopic (exact) mass is 328 g/mol. The van der Waals surface area contributed by atoms with Crippen molar-refractivity contribution in [3.8, 4) is 0 Å². The Hall–Kier alpha value is -0.680. The highest BCUT2D eigenvalue weighted by Gasteiger charge is 2.18. The lowest BCUT2D eigenvalue weighted by molar-refractivity contribution is 0.0953. The highest BCUT2D eigenvalue weighted by atomic mass is 79.9. The number of anilines is 1. The molecule has 1 fully saturated rings. The van der Waals surface area contributed by atoms with E-state index in [-0.39, 0.29) is 5.91 Å². The quantitative estimate of drug-likeness (QED) is 0.839. The van der Waals surface area contributed by atoms with Gasteiger partial charge in [0, 0.05) is 27.5 Å². The summed E-state index contributed by atoms with van der Waals surface area (Å²) in [5.41, 5.74) is 8.01. The highest BCUT2D eigenvalue weighted by Crippen LogP contribution is 2.26. The van der Waals surface area contributed by atoms with Crippen molar-refractivity contribution in [1.29, 1.82) is 0 Å². The van der Waals surface area contributed by atoms with Crippen LogP contribution in [0.5, 0.6) is 0 Å². The second-order valence-corrected chi connectivity index (χ2v) is 6.84. The van der Waals surface area contributed by atoms with Crippen LogP contribution in [0.1, 0.15) is 28.8 Å². The number of amides is 1. The fourth-order valence-corrected chi connectivity index (χ4v) is 3.72. The predicted molar refractivity (Wildman–Crippen MR) is 81.1 cm³/mol.